The monoisotopic (exact) mass is 439 g/mol. The van der Waals surface area contributed by atoms with Gasteiger partial charge in [0.1, 0.15) is 0 Å². The lowest BCUT2D eigenvalue weighted by molar-refractivity contribution is -0.140. The van der Waals surface area contributed by atoms with Gasteiger partial charge >= 0.3 is 11.9 Å². The Morgan fingerprint density at radius 1 is 0.806 bits per heavy atom. The summed E-state index contributed by atoms with van der Waals surface area (Å²) in [5, 5.41) is 18.2. The van der Waals surface area contributed by atoms with E-state index in [2.05, 4.69) is 0 Å². The van der Waals surface area contributed by atoms with Crippen molar-refractivity contribution in [3.63, 3.8) is 0 Å². The van der Waals surface area contributed by atoms with Crippen molar-refractivity contribution in [2.45, 2.75) is 0 Å². The Hall–Kier alpha value is -2.83. The van der Waals surface area contributed by atoms with E-state index in [9.17, 15) is 24.0 Å². The first-order valence-electron chi connectivity index (χ1n) is 10.0. The van der Waals surface area contributed by atoms with Crippen LogP contribution in [-0.4, -0.2) is 143 Å². The van der Waals surface area contributed by atoms with Gasteiger partial charge in [-0.25, -0.2) is 0 Å². The van der Waals surface area contributed by atoms with E-state index in [-0.39, 0.29) is 38.6 Å². The second-order valence-electron chi connectivity index (χ2n) is 7.59. The Kier molecular flexibility index (Phi) is 9.09. The fourth-order valence-corrected chi connectivity index (χ4v) is 3.38. The zero-order chi connectivity index (χ0) is 23.0. The van der Waals surface area contributed by atoms with Gasteiger partial charge in [0.2, 0.25) is 5.91 Å². The second-order valence-corrected chi connectivity index (χ2v) is 7.59. The van der Waals surface area contributed by atoms with Gasteiger partial charge in [0, 0.05) is 71.6 Å². The molecule has 31 heavy (non-hydrogen) atoms. The van der Waals surface area contributed by atoms with E-state index < -0.39 is 23.8 Å². The Morgan fingerprint density at radius 3 is 1.58 bits per heavy atom. The molecule has 0 aromatic rings. The highest BCUT2D eigenvalue weighted by Gasteiger charge is 2.25. The van der Waals surface area contributed by atoms with Crippen molar-refractivity contribution in [1.82, 2.24) is 24.5 Å². The van der Waals surface area contributed by atoms with Crippen molar-refractivity contribution in [2.75, 3.05) is 79.0 Å². The molecule has 0 spiro atoms. The van der Waals surface area contributed by atoms with Gasteiger partial charge in [-0.2, -0.15) is 0 Å². The quantitative estimate of drug-likeness (QED) is 0.369. The standard InChI is InChI=1S/C19H29N5O7/c1-20(4-11-24-15(25)2-3-16(24)26)17(27)12-21-5-7-22(13-18(28)29)9-10-23(8-6-21)14-19(30)31/h2-3H,4-14H2,1H3,(H,28,29)(H,30,31). The zero-order valence-corrected chi connectivity index (χ0v) is 17.6. The molecule has 2 N–H and O–H groups in total. The van der Waals surface area contributed by atoms with Crippen LogP contribution in [0.2, 0.25) is 0 Å². The van der Waals surface area contributed by atoms with Gasteiger partial charge in [0.25, 0.3) is 11.8 Å². The Morgan fingerprint density at radius 2 is 1.19 bits per heavy atom. The maximum atomic E-state index is 12.6. The number of carboxylic acid groups (broad SMARTS) is 2. The van der Waals surface area contributed by atoms with E-state index >= 15 is 0 Å². The van der Waals surface area contributed by atoms with Gasteiger partial charge in [-0.05, 0) is 0 Å². The summed E-state index contributed by atoms with van der Waals surface area (Å²) in [6.07, 6.45) is 2.39. The number of hydrogen-bond acceptors (Lipinski definition) is 8. The number of likely N-dealkylation sites (N-methyl/N-ethyl adjacent to an activating group) is 1. The number of nitrogens with zero attached hydrogens (tertiary/aromatic N) is 5. The first kappa shape index (κ1) is 24.4. The number of carboxylic acids is 2. The molecule has 1 saturated heterocycles. The van der Waals surface area contributed by atoms with Crippen molar-refractivity contribution in [3.8, 4) is 0 Å². The van der Waals surface area contributed by atoms with Crippen LogP contribution >= 0.6 is 0 Å². The van der Waals surface area contributed by atoms with Crippen LogP contribution in [0, 0.1) is 0 Å². The summed E-state index contributed by atoms with van der Waals surface area (Å²) >= 11 is 0. The minimum Gasteiger partial charge on any atom is -0.480 e. The smallest absolute Gasteiger partial charge is 0.317 e. The van der Waals surface area contributed by atoms with Crippen LogP contribution in [0.3, 0.4) is 0 Å². The molecule has 0 aliphatic carbocycles. The van der Waals surface area contributed by atoms with E-state index in [1.165, 1.54) is 17.1 Å². The average Bonchev–Trinajstić information content (AvgIpc) is 3.04. The topological polar surface area (TPSA) is 142 Å². The fourth-order valence-electron chi connectivity index (χ4n) is 3.38. The Bertz CT molecular complexity index is 695. The number of amides is 3. The van der Waals surface area contributed by atoms with Crippen molar-refractivity contribution < 1.29 is 34.2 Å². The average molecular weight is 439 g/mol. The van der Waals surface area contributed by atoms with Gasteiger partial charge in [-0.15, -0.1) is 0 Å². The molecule has 0 unspecified atom stereocenters. The Balaban J connectivity index is 1.92. The number of carbonyl (C=O) groups is 5. The number of carbonyl (C=O) groups excluding carboxylic acids is 3. The largest absolute Gasteiger partial charge is 0.480 e. The lowest BCUT2D eigenvalue weighted by Crippen LogP contribution is -2.45. The number of imide groups is 1. The maximum absolute atomic E-state index is 12.6. The molecule has 0 saturated carbocycles. The summed E-state index contributed by atoms with van der Waals surface area (Å²) in [5.41, 5.74) is 0. The number of hydrogen-bond donors (Lipinski definition) is 2. The normalized spacial score (nSPS) is 19.2. The molecule has 3 amide bonds. The lowest BCUT2D eigenvalue weighted by atomic mass is 10.3. The van der Waals surface area contributed by atoms with E-state index in [0.29, 0.717) is 39.3 Å². The van der Waals surface area contributed by atoms with Crippen LogP contribution in [0.1, 0.15) is 0 Å². The van der Waals surface area contributed by atoms with Crippen molar-refractivity contribution in [2.24, 2.45) is 0 Å². The van der Waals surface area contributed by atoms with E-state index in [0.717, 1.165) is 4.90 Å². The third-order valence-electron chi connectivity index (χ3n) is 5.26. The molecule has 12 heteroatoms. The summed E-state index contributed by atoms with van der Waals surface area (Å²) in [6.45, 7) is 2.69. The maximum Gasteiger partial charge on any atom is 0.317 e. The molecular weight excluding hydrogens is 410 g/mol. The molecule has 0 aromatic carbocycles. The van der Waals surface area contributed by atoms with Crippen molar-refractivity contribution >= 4 is 29.7 Å². The van der Waals surface area contributed by atoms with Crippen LogP contribution in [0.5, 0.6) is 0 Å². The lowest BCUT2D eigenvalue weighted by Gasteiger charge is -2.27. The van der Waals surface area contributed by atoms with Crippen LogP contribution in [-0.2, 0) is 24.0 Å². The van der Waals surface area contributed by atoms with E-state index in [1.54, 1.807) is 16.8 Å². The molecule has 2 aliphatic rings. The van der Waals surface area contributed by atoms with Crippen LogP contribution < -0.4 is 0 Å². The van der Waals surface area contributed by atoms with Gasteiger partial charge < -0.3 is 15.1 Å². The highest BCUT2D eigenvalue weighted by molar-refractivity contribution is 6.12. The summed E-state index contributed by atoms with van der Waals surface area (Å²) in [4.78, 5) is 65.9. The minimum absolute atomic E-state index is 0.0679. The molecule has 0 bridgehead atoms. The van der Waals surface area contributed by atoms with Crippen LogP contribution in [0.25, 0.3) is 0 Å². The van der Waals surface area contributed by atoms with Crippen LogP contribution in [0.15, 0.2) is 12.2 Å². The van der Waals surface area contributed by atoms with Crippen molar-refractivity contribution in [3.05, 3.63) is 12.2 Å². The first-order chi connectivity index (χ1) is 14.7. The summed E-state index contributed by atoms with van der Waals surface area (Å²) in [5.74, 6) is -2.94. The highest BCUT2D eigenvalue weighted by Crippen LogP contribution is 2.05. The predicted octanol–water partition coefficient (Wildman–Crippen LogP) is -2.54. The van der Waals surface area contributed by atoms with Crippen molar-refractivity contribution in [1.29, 1.82) is 0 Å². The molecular formula is C19H29N5O7. The molecule has 2 aliphatic heterocycles. The molecule has 2 heterocycles. The van der Waals surface area contributed by atoms with E-state index in [4.69, 9.17) is 10.2 Å². The molecule has 172 valence electrons. The summed E-state index contributed by atoms with van der Waals surface area (Å²) in [7, 11) is 1.59. The zero-order valence-electron chi connectivity index (χ0n) is 17.6. The highest BCUT2D eigenvalue weighted by atomic mass is 16.4. The van der Waals surface area contributed by atoms with Gasteiger partial charge in [0.15, 0.2) is 0 Å². The second kappa shape index (κ2) is 11.5. The molecule has 0 atom stereocenters. The summed E-state index contributed by atoms with van der Waals surface area (Å²) in [6, 6.07) is 0. The third kappa shape index (κ3) is 8.07. The first-order valence-corrected chi connectivity index (χ1v) is 10.0. The minimum atomic E-state index is -0.966. The Labute approximate surface area is 180 Å². The third-order valence-corrected chi connectivity index (χ3v) is 5.26. The molecule has 0 radical (unpaired) electrons. The number of rotatable bonds is 9. The van der Waals surface area contributed by atoms with Crippen LogP contribution in [0.4, 0.5) is 0 Å². The van der Waals surface area contributed by atoms with Gasteiger partial charge in [-0.3, -0.25) is 43.6 Å². The SMILES string of the molecule is CN(CCN1C(=O)C=CC1=O)C(=O)CN1CCN(CC(=O)O)CCN(CC(=O)O)CC1. The van der Waals surface area contributed by atoms with E-state index in [1.807, 2.05) is 4.90 Å². The molecule has 2 rings (SSSR count). The molecule has 1 fully saturated rings. The van der Waals surface area contributed by atoms with Gasteiger partial charge in [0.05, 0.1) is 19.6 Å². The van der Waals surface area contributed by atoms with Gasteiger partial charge in [-0.1, -0.05) is 0 Å². The predicted molar refractivity (Wildman–Crippen MR) is 108 cm³/mol. The molecule has 12 nitrogen and oxygen atoms in total. The molecule has 0 aromatic heterocycles. The number of aliphatic carboxylic acids is 2. The summed E-state index contributed by atoms with van der Waals surface area (Å²) < 4.78 is 0. The fraction of sp³-hybridized carbons (Fsp3) is 0.632.